The summed E-state index contributed by atoms with van der Waals surface area (Å²) in [5.41, 5.74) is 1.16. The summed E-state index contributed by atoms with van der Waals surface area (Å²) >= 11 is 0. The molecule has 1 saturated heterocycles. The van der Waals surface area contributed by atoms with Crippen molar-refractivity contribution in [3.63, 3.8) is 0 Å². The number of aryl methyl sites for hydroxylation is 1. The van der Waals surface area contributed by atoms with E-state index in [9.17, 15) is 4.79 Å². The molecule has 0 radical (unpaired) electrons. The number of benzene rings is 1. The van der Waals surface area contributed by atoms with Crippen molar-refractivity contribution in [1.29, 1.82) is 0 Å². The molecule has 0 spiro atoms. The molecule has 0 bridgehead atoms. The van der Waals surface area contributed by atoms with Gasteiger partial charge in [0, 0.05) is 32.0 Å². The number of aromatic nitrogens is 2. The number of amides is 1. The zero-order valence-electron chi connectivity index (χ0n) is 14.7. The number of piperidine rings is 1. The van der Waals surface area contributed by atoms with Gasteiger partial charge in [-0.05, 0) is 31.7 Å². The number of likely N-dealkylation sites (tertiary alicyclic amines) is 1. The SMILES string of the molecule is Cc1noc(C2CCN(C(=O)CCCOCc3ccccc3)CC2)n1. The van der Waals surface area contributed by atoms with E-state index in [1.54, 1.807) is 0 Å². The Balaban J connectivity index is 1.31. The molecule has 1 aliphatic heterocycles. The smallest absolute Gasteiger partial charge is 0.229 e. The van der Waals surface area contributed by atoms with Crippen molar-refractivity contribution in [3.8, 4) is 0 Å². The normalized spacial score (nSPS) is 15.5. The predicted octanol–water partition coefficient (Wildman–Crippen LogP) is 3.08. The molecule has 1 aromatic heterocycles. The molecule has 1 fully saturated rings. The predicted molar refractivity (Wildman–Crippen MR) is 92.9 cm³/mol. The summed E-state index contributed by atoms with van der Waals surface area (Å²) in [6.07, 6.45) is 3.07. The van der Waals surface area contributed by atoms with Crippen LogP contribution in [0.4, 0.5) is 0 Å². The van der Waals surface area contributed by atoms with Gasteiger partial charge in [-0.15, -0.1) is 0 Å². The Morgan fingerprint density at radius 1 is 1.28 bits per heavy atom. The third-order valence-electron chi connectivity index (χ3n) is 4.53. The van der Waals surface area contributed by atoms with E-state index in [1.165, 1.54) is 0 Å². The van der Waals surface area contributed by atoms with Crippen LogP contribution in [0, 0.1) is 6.92 Å². The molecule has 0 N–H and O–H groups in total. The largest absolute Gasteiger partial charge is 0.377 e. The third-order valence-corrected chi connectivity index (χ3v) is 4.53. The van der Waals surface area contributed by atoms with E-state index < -0.39 is 0 Å². The minimum atomic E-state index is 0.212. The van der Waals surface area contributed by atoms with Gasteiger partial charge in [-0.2, -0.15) is 4.98 Å². The van der Waals surface area contributed by atoms with E-state index in [-0.39, 0.29) is 11.8 Å². The van der Waals surface area contributed by atoms with Crippen molar-refractivity contribution >= 4 is 5.91 Å². The van der Waals surface area contributed by atoms with E-state index in [0.717, 1.165) is 37.9 Å². The second kappa shape index (κ2) is 8.76. The molecule has 25 heavy (non-hydrogen) atoms. The maximum Gasteiger partial charge on any atom is 0.229 e. The van der Waals surface area contributed by atoms with Gasteiger partial charge in [0.15, 0.2) is 5.82 Å². The number of carbonyl (C=O) groups excluding carboxylic acids is 1. The van der Waals surface area contributed by atoms with Crippen LogP contribution in [0.2, 0.25) is 0 Å². The van der Waals surface area contributed by atoms with Gasteiger partial charge >= 0.3 is 0 Å². The summed E-state index contributed by atoms with van der Waals surface area (Å²) in [7, 11) is 0. The Bertz CT molecular complexity index is 664. The molecule has 3 rings (SSSR count). The number of nitrogens with zero attached hydrogens (tertiary/aromatic N) is 3. The van der Waals surface area contributed by atoms with Crippen LogP contribution in [-0.4, -0.2) is 40.6 Å². The Kier molecular flexibility index (Phi) is 6.17. The standard InChI is InChI=1S/C19H25N3O3/c1-15-20-19(25-21-15)17-9-11-22(12-10-17)18(23)8-5-13-24-14-16-6-3-2-4-7-16/h2-4,6-7,17H,5,8-14H2,1H3. The molecule has 2 heterocycles. The lowest BCUT2D eigenvalue weighted by Gasteiger charge is -2.30. The summed E-state index contributed by atoms with van der Waals surface area (Å²) in [5.74, 6) is 1.87. The summed E-state index contributed by atoms with van der Waals surface area (Å²) in [6.45, 7) is 4.56. The second-order valence-electron chi connectivity index (χ2n) is 6.48. The highest BCUT2D eigenvalue weighted by atomic mass is 16.5. The number of hydrogen-bond acceptors (Lipinski definition) is 5. The van der Waals surface area contributed by atoms with Crippen LogP contribution in [0.15, 0.2) is 34.9 Å². The Morgan fingerprint density at radius 2 is 2.04 bits per heavy atom. The minimum absolute atomic E-state index is 0.212. The average Bonchev–Trinajstić information content (AvgIpc) is 3.09. The van der Waals surface area contributed by atoms with Gasteiger partial charge in [-0.1, -0.05) is 35.5 Å². The van der Waals surface area contributed by atoms with E-state index in [0.29, 0.717) is 31.3 Å². The van der Waals surface area contributed by atoms with Gasteiger partial charge in [0.25, 0.3) is 0 Å². The lowest BCUT2D eigenvalue weighted by Crippen LogP contribution is -2.38. The highest BCUT2D eigenvalue weighted by molar-refractivity contribution is 5.76. The quantitative estimate of drug-likeness (QED) is 0.723. The zero-order chi connectivity index (χ0) is 17.5. The highest BCUT2D eigenvalue weighted by Gasteiger charge is 2.26. The van der Waals surface area contributed by atoms with Crippen molar-refractivity contribution < 1.29 is 14.1 Å². The molecule has 6 heteroatoms. The van der Waals surface area contributed by atoms with E-state index in [4.69, 9.17) is 9.26 Å². The molecule has 0 unspecified atom stereocenters. The molecule has 6 nitrogen and oxygen atoms in total. The van der Waals surface area contributed by atoms with E-state index in [1.807, 2.05) is 42.2 Å². The number of ether oxygens (including phenoxy) is 1. The summed E-state index contributed by atoms with van der Waals surface area (Å²) in [4.78, 5) is 18.5. The maximum absolute atomic E-state index is 12.3. The maximum atomic E-state index is 12.3. The highest BCUT2D eigenvalue weighted by Crippen LogP contribution is 2.27. The van der Waals surface area contributed by atoms with Gasteiger partial charge < -0.3 is 14.2 Å². The van der Waals surface area contributed by atoms with Crippen molar-refractivity contribution in [2.75, 3.05) is 19.7 Å². The van der Waals surface area contributed by atoms with Crippen LogP contribution in [0.1, 0.15) is 48.9 Å². The lowest BCUT2D eigenvalue weighted by atomic mass is 9.96. The molecule has 0 saturated carbocycles. The summed E-state index contributed by atoms with van der Waals surface area (Å²) in [6, 6.07) is 10.1. The Labute approximate surface area is 148 Å². The fraction of sp³-hybridized carbons (Fsp3) is 0.526. The first-order valence-electron chi connectivity index (χ1n) is 8.92. The molecule has 0 aliphatic carbocycles. The topological polar surface area (TPSA) is 68.5 Å². The molecular formula is C19H25N3O3. The van der Waals surface area contributed by atoms with E-state index >= 15 is 0 Å². The molecule has 1 aliphatic rings. The lowest BCUT2D eigenvalue weighted by molar-refractivity contribution is -0.132. The summed E-state index contributed by atoms with van der Waals surface area (Å²) < 4.78 is 10.9. The molecule has 2 aromatic rings. The van der Waals surface area contributed by atoms with Gasteiger partial charge in [0.05, 0.1) is 6.61 Å². The average molecular weight is 343 g/mol. The van der Waals surface area contributed by atoms with Crippen LogP contribution < -0.4 is 0 Å². The van der Waals surface area contributed by atoms with Gasteiger partial charge in [0.1, 0.15) is 0 Å². The van der Waals surface area contributed by atoms with Crippen LogP contribution in [0.5, 0.6) is 0 Å². The first kappa shape index (κ1) is 17.6. The summed E-state index contributed by atoms with van der Waals surface area (Å²) in [5, 5.41) is 3.85. The zero-order valence-corrected chi connectivity index (χ0v) is 14.7. The van der Waals surface area contributed by atoms with Crippen LogP contribution in [-0.2, 0) is 16.1 Å². The van der Waals surface area contributed by atoms with Gasteiger partial charge in [-0.25, -0.2) is 0 Å². The molecule has 134 valence electrons. The van der Waals surface area contributed by atoms with Crippen molar-refractivity contribution in [2.24, 2.45) is 0 Å². The van der Waals surface area contributed by atoms with Crippen LogP contribution in [0.3, 0.4) is 0 Å². The van der Waals surface area contributed by atoms with Gasteiger partial charge in [0.2, 0.25) is 11.8 Å². The molecule has 1 amide bonds. The van der Waals surface area contributed by atoms with Crippen molar-refractivity contribution in [2.45, 2.75) is 45.1 Å². The number of carbonyl (C=O) groups is 1. The fourth-order valence-electron chi connectivity index (χ4n) is 3.10. The van der Waals surface area contributed by atoms with Crippen LogP contribution in [0.25, 0.3) is 0 Å². The van der Waals surface area contributed by atoms with Crippen LogP contribution >= 0.6 is 0 Å². The number of hydrogen-bond donors (Lipinski definition) is 0. The minimum Gasteiger partial charge on any atom is -0.377 e. The van der Waals surface area contributed by atoms with Crippen molar-refractivity contribution in [3.05, 3.63) is 47.6 Å². The Hall–Kier alpha value is -2.21. The monoisotopic (exact) mass is 343 g/mol. The molecule has 1 aromatic carbocycles. The van der Waals surface area contributed by atoms with E-state index in [2.05, 4.69) is 10.1 Å². The second-order valence-corrected chi connectivity index (χ2v) is 6.48. The van der Waals surface area contributed by atoms with Gasteiger partial charge in [-0.3, -0.25) is 4.79 Å². The van der Waals surface area contributed by atoms with Crippen molar-refractivity contribution in [1.82, 2.24) is 15.0 Å². The number of rotatable bonds is 7. The first-order valence-corrected chi connectivity index (χ1v) is 8.92. The fourth-order valence-corrected chi connectivity index (χ4v) is 3.10. The Morgan fingerprint density at radius 3 is 2.72 bits per heavy atom. The molecule has 0 atom stereocenters. The third kappa shape index (κ3) is 5.13. The first-order chi connectivity index (χ1) is 12.2. The molecular weight excluding hydrogens is 318 g/mol.